The summed E-state index contributed by atoms with van der Waals surface area (Å²) in [5, 5.41) is 24.5. The van der Waals surface area contributed by atoms with E-state index in [1.165, 1.54) is 7.11 Å². The van der Waals surface area contributed by atoms with Gasteiger partial charge in [-0.25, -0.2) is 9.78 Å². The summed E-state index contributed by atoms with van der Waals surface area (Å²) in [5.41, 5.74) is 8.48. The molecule has 4 aromatic rings. The Morgan fingerprint density at radius 3 is 2.53 bits per heavy atom. The van der Waals surface area contributed by atoms with Gasteiger partial charge in [-0.1, -0.05) is 73.5 Å². The maximum atomic E-state index is 12.6. The minimum absolute atomic E-state index is 0.0775. The Morgan fingerprint density at radius 2 is 1.92 bits per heavy atom. The molecular formula is C25H28ClN7O3. The molecule has 1 atom stereocenters. The number of methoxy groups -OCH3 is 1. The molecule has 0 fully saturated rings. The van der Waals surface area contributed by atoms with Crippen LogP contribution in [0.1, 0.15) is 36.8 Å². The molecule has 0 aliphatic heterocycles. The molecule has 188 valence electrons. The Balaban J connectivity index is 1.71. The van der Waals surface area contributed by atoms with Crippen molar-refractivity contribution in [2.75, 3.05) is 13.7 Å². The number of halogens is 1. The lowest BCUT2D eigenvalue weighted by molar-refractivity contribution is -0.149. The van der Waals surface area contributed by atoms with Crippen LogP contribution in [0.5, 0.6) is 0 Å². The fourth-order valence-electron chi connectivity index (χ4n) is 4.18. The zero-order valence-corrected chi connectivity index (χ0v) is 20.9. The monoisotopic (exact) mass is 509 g/mol. The number of benzene rings is 2. The Morgan fingerprint density at radius 1 is 1.19 bits per heavy atom. The number of esters is 1. The summed E-state index contributed by atoms with van der Waals surface area (Å²) in [6.45, 7) is 1.76. The number of aromatic amines is 1. The predicted molar refractivity (Wildman–Crippen MR) is 135 cm³/mol. The number of aromatic nitrogens is 6. The normalized spacial score (nSPS) is 12.9. The van der Waals surface area contributed by atoms with Crippen LogP contribution in [0, 0.1) is 0 Å². The number of nitrogens with zero attached hydrogens (tertiary/aromatic N) is 5. The van der Waals surface area contributed by atoms with Crippen LogP contribution in [0.15, 0.2) is 48.5 Å². The van der Waals surface area contributed by atoms with Crippen molar-refractivity contribution in [2.45, 2.75) is 38.3 Å². The summed E-state index contributed by atoms with van der Waals surface area (Å²) in [4.78, 5) is 17.0. The summed E-state index contributed by atoms with van der Waals surface area (Å²) >= 11 is 6.48. The van der Waals surface area contributed by atoms with Crippen molar-refractivity contribution in [2.24, 2.45) is 5.73 Å². The third-order valence-corrected chi connectivity index (χ3v) is 6.36. The van der Waals surface area contributed by atoms with Crippen molar-refractivity contribution in [1.82, 2.24) is 30.2 Å². The van der Waals surface area contributed by atoms with Gasteiger partial charge in [0.1, 0.15) is 5.82 Å². The van der Waals surface area contributed by atoms with Gasteiger partial charge in [-0.05, 0) is 28.3 Å². The summed E-state index contributed by atoms with van der Waals surface area (Å²) in [7, 11) is 1.22. The topological polar surface area (TPSA) is 145 Å². The highest BCUT2D eigenvalue weighted by Crippen LogP contribution is 2.32. The fraction of sp³-hybridized carbons (Fsp3) is 0.320. The highest BCUT2D eigenvalue weighted by Gasteiger charge is 2.43. The summed E-state index contributed by atoms with van der Waals surface area (Å²) in [6, 6.07) is 15.8. The van der Waals surface area contributed by atoms with Crippen LogP contribution in [0.25, 0.3) is 22.5 Å². The van der Waals surface area contributed by atoms with Crippen molar-refractivity contribution >= 4 is 17.6 Å². The maximum absolute atomic E-state index is 12.6. The van der Waals surface area contributed by atoms with Gasteiger partial charge in [0.2, 0.25) is 5.82 Å². The van der Waals surface area contributed by atoms with E-state index in [2.05, 4.69) is 32.5 Å². The zero-order valence-electron chi connectivity index (χ0n) is 20.1. The van der Waals surface area contributed by atoms with Gasteiger partial charge in [0.25, 0.3) is 0 Å². The molecule has 2 aromatic heterocycles. The average molecular weight is 510 g/mol. The first kappa shape index (κ1) is 25.5. The number of aliphatic hydroxyl groups excluding tert-OH is 1. The van der Waals surface area contributed by atoms with Crippen molar-refractivity contribution in [1.29, 1.82) is 0 Å². The highest BCUT2D eigenvalue weighted by molar-refractivity contribution is 6.30. The molecule has 36 heavy (non-hydrogen) atoms. The second-order valence-corrected chi connectivity index (χ2v) is 8.81. The molecule has 11 heteroatoms. The quantitative estimate of drug-likeness (QED) is 0.276. The van der Waals surface area contributed by atoms with Crippen LogP contribution >= 0.6 is 11.6 Å². The molecule has 2 aromatic carbocycles. The molecule has 0 saturated carbocycles. The number of nitrogens with two attached hydrogens (primary N) is 1. The molecule has 0 bridgehead atoms. The van der Waals surface area contributed by atoms with E-state index in [-0.39, 0.29) is 10.8 Å². The number of aryl methyl sites for hydroxylation is 1. The summed E-state index contributed by atoms with van der Waals surface area (Å²) in [5.74, 6) is 0.415. The van der Waals surface area contributed by atoms with Gasteiger partial charge in [0.05, 0.1) is 19.4 Å². The van der Waals surface area contributed by atoms with Gasteiger partial charge in [-0.15, -0.1) is 10.2 Å². The Bertz CT molecular complexity index is 1320. The van der Waals surface area contributed by atoms with Gasteiger partial charge in [0, 0.05) is 18.5 Å². The lowest BCUT2D eigenvalue weighted by atomic mass is 9.97. The molecule has 4 rings (SSSR count). The van der Waals surface area contributed by atoms with Crippen molar-refractivity contribution in [3.63, 3.8) is 0 Å². The Kier molecular flexibility index (Phi) is 7.78. The zero-order chi connectivity index (χ0) is 25.7. The van der Waals surface area contributed by atoms with Crippen LogP contribution in [-0.4, -0.2) is 55.0 Å². The Labute approximate surface area is 213 Å². The second-order valence-electron chi connectivity index (χ2n) is 8.46. The third kappa shape index (κ3) is 4.88. The number of aliphatic hydroxyl groups is 1. The first-order valence-electron chi connectivity index (χ1n) is 11.6. The van der Waals surface area contributed by atoms with Gasteiger partial charge in [-0.3, -0.25) is 0 Å². The molecular weight excluding hydrogens is 482 g/mol. The number of hydrogen-bond donors (Lipinski definition) is 3. The number of carbonyl (C=O) groups excluding carboxylic acids is 1. The number of rotatable bonds is 10. The van der Waals surface area contributed by atoms with E-state index >= 15 is 0 Å². The van der Waals surface area contributed by atoms with Gasteiger partial charge >= 0.3 is 5.97 Å². The number of H-pyrrole nitrogens is 1. The van der Waals surface area contributed by atoms with Crippen molar-refractivity contribution in [3.8, 4) is 22.5 Å². The van der Waals surface area contributed by atoms with E-state index in [9.17, 15) is 9.90 Å². The van der Waals surface area contributed by atoms with E-state index in [1.807, 2.05) is 53.1 Å². The molecule has 0 aliphatic rings. The second kappa shape index (κ2) is 11.0. The molecule has 0 saturated heterocycles. The molecule has 4 N–H and O–H groups in total. The SMILES string of the molecule is CCCCc1nc(Cl)c([C@](N)(CO)C(=O)OC)n1Cc1ccc(-c2ccccc2-c2nn[nH]n2)cc1. The summed E-state index contributed by atoms with van der Waals surface area (Å²) < 4.78 is 6.69. The number of nitrogens with one attached hydrogen (secondary N) is 1. The number of hydrogen-bond acceptors (Lipinski definition) is 8. The first-order valence-corrected chi connectivity index (χ1v) is 12.0. The van der Waals surface area contributed by atoms with Crippen molar-refractivity contribution < 1.29 is 14.6 Å². The summed E-state index contributed by atoms with van der Waals surface area (Å²) in [6.07, 6.45) is 2.49. The number of ether oxygens (including phenoxy) is 1. The van der Waals surface area contributed by atoms with E-state index in [0.29, 0.717) is 24.6 Å². The van der Waals surface area contributed by atoms with Crippen LogP contribution in [0.4, 0.5) is 0 Å². The van der Waals surface area contributed by atoms with E-state index < -0.39 is 18.1 Å². The third-order valence-electron chi connectivity index (χ3n) is 6.10. The largest absolute Gasteiger partial charge is 0.467 e. The number of tetrazole rings is 1. The van der Waals surface area contributed by atoms with Gasteiger partial charge < -0.3 is 20.1 Å². The molecule has 2 heterocycles. The Hall–Kier alpha value is -3.60. The van der Waals surface area contributed by atoms with Crippen LogP contribution < -0.4 is 5.73 Å². The number of unbranched alkanes of at least 4 members (excludes halogenated alkanes) is 1. The molecule has 0 spiro atoms. The maximum Gasteiger partial charge on any atom is 0.334 e. The fourth-order valence-corrected chi connectivity index (χ4v) is 4.55. The van der Waals surface area contributed by atoms with E-state index in [4.69, 9.17) is 22.1 Å². The van der Waals surface area contributed by atoms with E-state index in [0.717, 1.165) is 35.1 Å². The lowest BCUT2D eigenvalue weighted by Crippen LogP contribution is -2.50. The van der Waals surface area contributed by atoms with Gasteiger partial charge in [0.15, 0.2) is 10.7 Å². The number of carbonyl (C=O) groups is 1. The van der Waals surface area contributed by atoms with E-state index in [1.54, 1.807) is 0 Å². The minimum Gasteiger partial charge on any atom is -0.467 e. The lowest BCUT2D eigenvalue weighted by Gasteiger charge is -2.26. The molecule has 0 radical (unpaired) electrons. The standard InChI is InChI=1S/C25H28ClN7O3/c1-3-4-9-20-28-22(26)21(25(27,15-34)24(35)36-2)33(20)14-16-10-12-17(13-11-16)18-7-5-6-8-19(18)23-29-31-32-30-23/h5-8,10-13,34H,3-4,9,14-15,27H2,1-2H3,(H,29,30,31,32)/t25-/m1/s1. The molecule has 0 unspecified atom stereocenters. The van der Waals surface area contributed by atoms with Crippen LogP contribution in [0.3, 0.4) is 0 Å². The molecule has 10 nitrogen and oxygen atoms in total. The average Bonchev–Trinajstić information content (AvgIpc) is 3.55. The van der Waals surface area contributed by atoms with Gasteiger partial charge in [-0.2, -0.15) is 5.21 Å². The van der Waals surface area contributed by atoms with Crippen LogP contribution in [0.2, 0.25) is 5.15 Å². The van der Waals surface area contributed by atoms with Crippen molar-refractivity contribution in [3.05, 3.63) is 70.8 Å². The predicted octanol–water partition coefficient (Wildman–Crippen LogP) is 3.09. The minimum atomic E-state index is -1.84. The highest BCUT2D eigenvalue weighted by atomic mass is 35.5. The first-order chi connectivity index (χ1) is 17.4. The smallest absolute Gasteiger partial charge is 0.334 e. The van der Waals surface area contributed by atoms with Crippen LogP contribution in [-0.2, 0) is 28.0 Å². The molecule has 0 aliphatic carbocycles. The number of imidazole rings is 1. The molecule has 0 amide bonds.